The Morgan fingerprint density at radius 1 is 1.77 bits per heavy atom. The second-order valence-corrected chi connectivity index (χ2v) is 2.19. The van der Waals surface area contributed by atoms with Crippen molar-refractivity contribution in [1.29, 1.82) is 5.26 Å². The highest BCUT2D eigenvalue weighted by Gasteiger charge is 2.10. The molecule has 0 amide bonds. The summed E-state index contributed by atoms with van der Waals surface area (Å²) in [4.78, 5) is 14.5. The van der Waals surface area contributed by atoms with E-state index in [9.17, 15) is 4.79 Å². The Kier molecular flexibility index (Phi) is 2.45. The van der Waals surface area contributed by atoms with E-state index in [2.05, 4.69) is 9.72 Å². The van der Waals surface area contributed by atoms with Crippen molar-refractivity contribution in [3.63, 3.8) is 0 Å². The molecule has 66 valence electrons. The number of hydrogen-bond donors (Lipinski definition) is 1. The lowest BCUT2D eigenvalue weighted by Gasteiger charge is -1.99. The molecule has 0 unspecified atom stereocenters. The Morgan fingerprint density at radius 3 is 3.00 bits per heavy atom. The average molecular weight is 178 g/mol. The molecule has 1 rings (SSSR count). The molecular formula is C8H6N2O3. The van der Waals surface area contributed by atoms with Gasteiger partial charge in [-0.2, -0.15) is 5.26 Å². The average Bonchev–Trinajstić information content (AvgIpc) is 2.17. The van der Waals surface area contributed by atoms with Crippen LogP contribution < -0.4 is 0 Å². The Bertz CT molecular complexity index is 381. The summed E-state index contributed by atoms with van der Waals surface area (Å²) in [6.07, 6.45) is 1.03. The van der Waals surface area contributed by atoms with Gasteiger partial charge in [-0.1, -0.05) is 0 Å². The standard InChI is InChI=1S/C8H6N2O3/c1-13-8(12)6-2-5(3-9)7(11)4-10-6/h2,4,11H,1H3. The molecule has 0 atom stereocenters. The summed E-state index contributed by atoms with van der Waals surface area (Å²) in [7, 11) is 1.21. The highest BCUT2D eigenvalue weighted by Crippen LogP contribution is 2.14. The molecule has 1 heterocycles. The molecule has 0 radical (unpaired) electrons. The maximum Gasteiger partial charge on any atom is 0.356 e. The van der Waals surface area contributed by atoms with Crippen LogP contribution in [0.2, 0.25) is 0 Å². The molecule has 1 aromatic rings. The second kappa shape index (κ2) is 3.54. The van der Waals surface area contributed by atoms with Gasteiger partial charge in [-0.3, -0.25) is 0 Å². The van der Waals surface area contributed by atoms with Crippen LogP contribution in [0.3, 0.4) is 0 Å². The molecule has 0 aliphatic carbocycles. The number of methoxy groups -OCH3 is 1. The van der Waals surface area contributed by atoms with Crippen molar-refractivity contribution >= 4 is 5.97 Å². The van der Waals surface area contributed by atoms with E-state index in [1.807, 2.05) is 0 Å². The van der Waals surface area contributed by atoms with Crippen molar-refractivity contribution in [3.8, 4) is 11.8 Å². The van der Waals surface area contributed by atoms with Crippen molar-refractivity contribution in [2.45, 2.75) is 0 Å². The monoisotopic (exact) mass is 178 g/mol. The minimum absolute atomic E-state index is 0.00292. The Balaban J connectivity index is 3.15. The molecule has 0 fully saturated rings. The molecule has 1 N–H and O–H groups in total. The van der Waals surface area contributed by atoms with E-state index in [0.29, 0.717) is 0 Å². The zero-order valence-corrected chi connectivity index (χ0v) is 6.81. The fourth-order valence-corrected chi connectivity index (χ4v) is 0.754. The van der Waals surface area contributed by atoms with Crippen LogP contribution in [0.5, 0.6) is 5.75 Å². The summed E-state index contributed by atoms with van der Waals surface area (Å²) in [5.41, 5.74) is -0.00718. The topological polar surface area (TPSA) is 83.2 Å². The zero-order chi connectivity index (χ0) is 9.84. The Hall–Kier alpha value is -2.09. The second-order valence-electron chi connectivity index (χ2n) is 2.19. The van der Waals surface area contributed by atoms with Gasteiger partial charge in [0.2, 0.25) is 0 Å². The summed E-state index contributed by atoms with van der Waals surface area (Å²) in [6, 6.07) is 2.88. The number of nitriles is 1. The number of pyridine rings is 1. The van der Waals surface area contributed by atoms with Gasteiger partial charge in [0.1, 0.15) is 11.8 Å². The van der Waals surface area contributed by atoms with Gasteiger partial charge in [-0.25, -0.2) is 9.78 Å². The largest absolute Gasteiger partial charge is 0.505 e. The molecule has 0 saturated heterocycles. The van der Waals surface area contributed by atoms with Gasteiger partial charge in [0.05, 0.1) is 18.9 Å². The molecule has 0 saturated carbocycles. The fraction of sp³-hybridized carbons (Fsp3) is 0.125. The van der Waals surface area contributed by atoms with Gasteiger partial charge in [0, 0.05) is 0 Å². The van der Waals surface area contributed by atoms with Crippen LogP contribution in [0.25, 0.3) is 0 Å². The molecule has 5 heteroatoms. The van der Waals surface area contributed by atoms with Gasteiger partial charge in [-0.05, 0) is 6.07 Å². The van der Waals surface area contributed by atoms with Crippen LogP contribution in [0.15, 0.2) is 12.3 Å². The normalized spacial score (nSPS) is 8.92. The lowest BCUT2D eigenvalue weighted by atomic mass is 10.2. The Labute approximate surface area is 74.2 Å². The highest BCUT2D eigenvalue weighted by atomic mass is 16.5. The molecule has 5 nitrogen and oxygen atoms in total. The van der Waals surface area contributed by atoms with E-state index in [4.69, 9.17) is 10.4 Å². The summed E-state index contributed by atoms with van der Waals surface area (Å²) >= 11 is 0. The van der Waals surface area contributed by atoms with E-state index < -0.39 is 5.97 Å². The first-order valence-electron chi connectivity index (χ1n) is 3.36. The summed E-state index contributed by atoms with van der Waals surface area (Å²) in [6.45, 7) is 0. The molecule has 0 aliphatic rings. The van der Waals surface area contributed by atoms with Crippen LogP contribution in [-0.2, 0) is 4.74 Å². The van der Waals surface area contributed by atoms with E-state index >= 15 is 0 Å². The number of ether oxygens (including phenoxy) is 1. The van der Waals surface area contributed by atoms with Crippen LogP contribution in [0.1, 0.15) is 16.1 Å². The van der Waals surface area contributed by atoms with E-state index in [-0.39, 0.29) is 17.0 Å². The van der Waals surface area contributed by atoms with Crippen molar-refractivity contribution in [3.05, 3.63) is 23.5 Å². The Morgan fingerprint density at radius 2 is 2.46 bits per heavy atom. The predicted molar refractivity (Wildman–Crippen MR) is 42.0 cm³/mol. The number of carbonyl (C=O) groups excluding carboxylic acids is 1. The number of rotatable bonds is 1. The zero-order valence-electron chi connectivity index (χ0n) is 6.81. The van der Waals surface area contributed by atoms with E-state index in [1.54, 1.807) is 6.07 Å². The van der Waals surface area contributed by atoms with E-state index in [0.717, 1.165) is 6.20 Å². The lowest BCUT2D eigenvalue weighted by molar-refractivity contribution is 0.0594. The van der Waals surface area contributed by atoms with Crippen LogP contribution in [-0.4, -0.2) is 23.2 Å². The van der Waals surface area contributed by atoms with Crippen LogP contribution in [0.4, 0.5) is 0 Å². The summed E-state index contributed by atoms with van der Waals surface area (Å²) in [5, 5.41) is 17.6. The first kappa shape index (κ1) is 9.00. The maximum absolute atomic E-state index is 10.9. The first-order chi connectivity index (χ1) is 6.19. The number of esters is 1. The van der Waals surface area contributed by atoms with Gasteiger partial charge in [-0.15, -0.1) is 0 Å². The third-order valence-corrected chi connectivity index (χ3v) is 1.40. The third-order valence-electron chi connectivity index (χ3n) is 1.40. The summed E-state index contributed by atoms with van der Waals surface area (Å²) < 4.78 is 4.38. The minimum Gasteiger partial charge on any atom is -0.505 e. The quantitative estimate of drug-likeness (QED) is 0.631. The molecule has 0 aromatic carbocycles. The number of aromatic nitrogens is 1. The lowest BCUT2D eigenvalue weighted by Crippen LogP contribution is -2.04. The van der Waals surface area contributed by atoms with E-state index in [1.165, 1.54) is 13.2 Å². The molecule has 0 aliphatic heterocycles. The van der Waals surface area contributed by atoms with Crippen molar-refractivity contribution in [1.82, 2.24) is 4.98 Å². The van der Waals surface area contributed by atoms with Crippen molar-refractivity contribution in [2.75, 3.05) is 7.11 Å². The van der Waals surface area contributed by atoms with Crippen molar-refractivity contribution in [2.24, 2.45) is 0 Å². The SMILES string of the molecule is COC(=O)c1cc(C#N)c(O)cn1. The predicted octanol–water partition coefficient (Wildman–Crippen LogP) is 0.445. The van der Waals surface area contributed by atoms with Gasteiger partial charge >= 0.3 is 5.97 Å². The molecule has 1 aromatic heterocycles. The fourth-order valence-electron chi connectivity index (χ4n) is 0.754. The van der Waals surface area contributed by atoms with Gasteiger partial charge in [0.25, 0.3) is 0 Å². The first-order valence-corrected chi connectivity index (χ1v) is 3.36. The van der Waals surface area contributed by atoms with Crippen molar-refractivity contribution < 1.29 is 14.6 Å². The molecule has 0 bridgehead atoms. The highest BCUT2D eigenvalue weighted by molar-refractivity contribution is 5.87. The molecule has 13 heavy (non-hydrogen) atoms. The number of carbonyl (C=O) groups is 1. The third kappa shape index (κ3) is 1.73. The van der Waals surface area contributed by atoms with Gasteiger partial charge in [0.15, 0.2) is 5.75 Å². The summed E-state index contributed by atoms with van der Waals surface area (Å²) in [5.74, 6) is -0.897. The smallest absolute Gasteiger partial charge is 0.356 e. The minimum atomic E-state index is -0.642. The van der Waals surface area contributed by atoms with Crippen LogP contribution >= 0.6 is 0 Å². The van der Waals surface area contributed by atoms with Crippen LogP contribution in [0, 0.1) is 11.3 Å². The molecule has 0 spiro atoms. The van der Waals surface area contributed by atoms with Gasteiger partial charge < -0.3 is 9.84 Å². The maximum atomic E-state index is 10.9. The number of nitrogens with zero attached hydrogens (tertiary/aromatic N) is 2. The number of hydrogen-bond acceptors (Lipinski definition) is 5. The molecular weight excluding hydrogens is 172 g/mol. The number of aromatic hydroxyl groups is 1.